The molecule has 0 aliphatic rings. The Kier molecular flexibility index (Phi) is 4.12. The van der Waals surface area contributed by atoms with Gasteiger partial charge in [-0.25, -0.2) is 4.98 Å². The van der Waals surface area contributed by atoms with Gasteiger partial charge in [-0.1, -0.05) is 12.1 Å². The summed E-state index contributed by atoms with van der Waals surface area (Å²) in [7, 11) is 5.04. The number of ether oxygens (including phenoxy) is 1. The molecule has 1 amide bonds. The monoisotopic (exact) mass is 285 g/mol. The number of rotatable bonds is 3. The molecule has 0 aliphatic heterocycles. The van der Waals surface area contributed by atoms with Crippen molar-refractivity contribution >= 4 is 11.7 Å². The van der Waals surface area contributed by atoms with Gasteiger partial charge in [-0.15, -0.1) is 0 Å². The van der Waals surface area contributed by atoms with Gasteiger partial charge in [0, 0.05) is 25.2 Å². The lowest BCUT2D eigenvalue weighted by Gasteiger charge is -2.13. The molecule has 2 N–H and O–H groups in total. The van der Waals surface area contributed by atoms with Crippen LogP contribution in [0.15, 0.2) is 30.3 Å². The highest BCUT2D eigenvalue weighted by atomic mass is 16.5. The highest BCUT2D eigenvalue weighted by Gasteiger charge is 2.13. The molecule has 0 radical (unpaired) electrons. The zero-order valence-corrected chi connectivity index (χ0v) is 12.7. The van der Waals surface area contributed by atoms with Crippen molar-refractivity contribution in [2.75, 3.05) is 26.9 Å². The van der Waals surface area contributed by atoms with Crippen LogP contribution in [-0.4, -0.2) is 37.0 Å². The molecule has 21 heavy (non-hydrogen) atoms. The minimum Gasteiger partial charge on any atom is -0.495 e. The van der Waals surface area contributed by atoms with Crippen LogP contribution < -0.4 is 10.5 Å². The Morgan fingerprint density at radius 3 is 2.62 bits per heavy atom. The minimum atomic E-state index is -0.0533. The average molecular weight is 285 g/mol. The van der Waals surface area contributed by atoms with Gasteiger partial charge in [0.1, 0.15) is 11.6 Å². The summed E-state index contributed by atoms with van der Waals surface area (Å²) in [6, 6.07) is 9.16. The standard InChI is InChI=1S/C16H19N3O2/c1-10-14(21-4)9-13(15(17)18-10)11-6-5-7-12(8-11)16(20)19(2)3/h5-9H,1-4H3,(H2,17,18). The number of nitrogens with two attached hydrogens (primary N) is 1. The van der Waals surface area contributed by atoms with Crippen molar-refractivity contribution in [3.05, 3.63) is 41.6 Å². The number of hydrogen-bond donors (Lipinski definition) is 1. The van der Waals surface area contributed by atoms with Gasteiger partial charge < -0.3 is 15.4 Å². The maximum absolute atomic E-state index is 12.0. The highest BCUT2D eigenvalue weighted by molar-refractivity contribution is 5.95. The molecular formula is C16H19N3O2. The van der Waals surface area contributed by atoms with Crippen LogP contribution in [0.4, 0.5) is 5.82 Å². The Morgan fingerprint density at radius 1 is 1.29 bits per heavy atom. The summed E-state index contributed by atoms with van der Waals surface area (Å²) in [5, 5.41) is 0. The van der Waals surface area contributed by atoms with Gasteiger partial charge >= 0.3 is 0 Å². The summed E-state index contributed by atoms with van der Waals surface area (Å²) in [5.74, 6) is 1.04. The van der Waals surface area contributed by atoms with E-state index in [1.54, 1.807) is 27.3 Å². The summed E-state index contributed by atoms with van der Waals surface area (Å²) in [4.78, 5) is 17.9. The molecule has 0 bridgehead atoms. The Labute approximate surface area is 124 Å². The number of aryl methyl sites for hydroxylation is 1. The normalized spacial score (nSPS) is 10.3. The first-order valence-corrected chi connectivity index (χ1v) is 6.57. The van der Waals surface area contributed by atoms with E-state index in [2.05, 4.69) is 4.98 Å². The van der Waals surface area contributed by atoms with Crippen molar-refractivity contribution in [3.8, 4) is 16.9 Å². The van der Waals surface area contributed by atoms with E-state index >= 15 is 0 Å². The van der Waals surface area contributed by atoms with Crippen molar-refractivity contribution in [3.63, 3.8) is 0 Å². The summed E-state index contributed by atoms with van der Waals surface area (Å²) in [5.41, 5.74) is 8.94. The van der Waals surface area contributed by atoms with Crippen molar-refractivity contribution in [1.29, 1.82) is 0 Å². The maximum Gasteiger partial charge on any atom is 0.253 e. The molecule has 0 saturated heterocycles. The number of nitrogens with zero attached hydrogens (tertiary/aromatic N) is 2. The molecule has 1 aromatic heterocycles. The number of pyridine rings is 1. The van der Waals surface area contributed by atoms with E-state index < -0.39 is 0 Å². The molecule has 0 aliphatic carbocycles. The first kappa shape index (κ1) is 14.8. The third-order valence-electron chi connectivity index (χ3n) is 3.24. The van der Waals surface area contributed by atoms with E-state index in [0.717, 1.165) is 16.8 Å². The topological polar surface area (TPSA) is 68.5 Å². The van der Waals surface area contributed by atoms with Gasteiger partial charge in [-0.3, -0.25) is 4.79 Å². The molecule has 0 fully saturated rings. The van der Waals surface area contributed by atoms with E-state index in [1.807, 2.05) is 31.2 Å². The van der Waals surface area contributed by atoms with Crippen molar-refractivity contribution in [2.24, 2.45) is 0 Å². The largest absolute Gasteiger partial charge is 0.495 e. The van der Waals surface area contributed by atoms with Gasteiger partial charge in [0.25, 0.3) is 5.91 Å². The number of carbonyl (C=O) groups excluding carboxylic acids is 1. The van der Waals surface area contributed by atoms with Crippen molar-refractivity contribution in [1.82, 2.24) is 9.88 Å². The summed E-state index contributed by atoms with van der Waals surface area (Å²) >= 11 is 0. The fourth-order valence-corrected chi connectivity index (χ4v) is 2.12. The Bertz CT molecular complexity index is 681. The predicted molar refractivity (Wildman–Crippen MR) is 83.4 cm³/mol. The van der Waals surface area contributed by atoms with Crippen LogP contribution in [-0.2, 0) is 0 Å². The third-order valence-corrected chi connectivity index (χ3v) is 3.24. The van der Waals surface area contributed by atoms with Crippen LogP contribution in [0.25, 0.3) is 11.1 Å². The third kappa shape index (κ3) is 2.97. The Balaban J connectivity index is 2.52. The summed E-state index contributed by atoms with van der Waals surface area (Å²) < 4.78 is 5.28. The Morgan fingerprint density at radius 2 is 2.00 bits per heavy atom. The summed E-state index contributed by atoms with van der Waals surface area (Å²) in [6.45, 7) is 1.84. The molecule has 1 heterocycles. The second-order valence-corrected chi connectivity index (χ2v) is 4.99. The molecule has 110 valence electrons. The van der Waals surface area contributed by atoms with Crippen LogP contribution in [0.1, 0.15) is 16.1 Å². The molecule has 5 nitrogen and oxygen atoms in total. The predicted octanol–water partition coefficient (Wildman–Crippen LogP) is 2.35. The van der Waals surface area contributed by atoms with Gasteiger partial charge in [0.2, 0.25) is 0 Å². The van der Waals surface area contributed by atoms with Gasteiger partial charge in [-0.05, 0) is 30.7 Å². The lowest BCUT2D eigenvalue weighted by Crippen LogP contribution is -2.21. The van der Waals surface area contributed by atoms with Crippen LogP contribution >= 0.6 is 0 Å². The van der Waals surface area contributed by atoms with Crippen molar-refractivity contribution < 1.29 is 9.53 Å². The smallest absolute Gasteiger partial charge is 0.253 e. The molecule has 5 heteroatoms. The average Bonchev–Trinajstić information content (AvgIpc) is 2.46. The molecule has 0 atom stereocenters. The van der Waals surface area contributed by atoms with E-state index in [0.29, 0.717) is 17.1 Å². The van der Waals surface area contributed by atoms with Gasteiger partial charge in [-0.2, -0.15) is 0 Å². The zero-order valence-electron chi connectivity index (χ0n) is 12.7. The number of carbonyl (C=O) groups is 1. The van der Waals surface area contributed by atoms with Crippen LogP contribution in [0.5, 0.6) is 5.75 Å². The fraction of sp³-hybridized carbons (Fsp3) is 0.250. The zero-order chi connectivity index (χ0) is 15.6. The fourth-order valence-electron chi connectivity index (χ4n) is 2.12. The molecule has 1 aromatic carbocycles. The number of hydrogen-bond acceptors (Lipinski definition) is 4. The number of aromatic nitrogens is 1. The van der Waals surface area contributed by atoms with Crippen LogP contribution in [0, 0.1) is 6.92 Å². The number of amides is 1. The lowest BCUT2D eigenvalue weighted by atomic mass is 10.0. The lowest BCUT2D eigenvalue weighted by molar-refractivity contribution is 0.0827. The molecular weight excluding hydrogens is 266 g/mol. The van der Waals surface area contributed by atoms with E-state index in [1.165, 1.54) is 4.90 Å². The first-order valence-electron chi connectivity index (χ1n) is 6.57. The maximum atomic E-state index is 12.0. The second-order valence-electron chi connectivity index (χ2n) is 4.99. The number of nitrogen functional groups attached to an aromatic ring is 1. The highest BCUT2D eigenvalue weighted by Crippen LogP contribution is 2.30. The van der Waals surface area contributed by atoms with Crippen LogP contribution in [0.2, 0.25) is 0 Å². The first-order chi connectivity index (χ1) is 9.93. The van der Waals surface area contributed by atoms with E-state index in [-0.39, 0.29) is 5.91 Å². The minimum absolute atomic E-state index is 0.0533. The van der Waals surface area contributed by atoms with E-state index in [9.17, 15) is 4.79 Å². The molecule has 0 spiro atoms. The SMILES string of the molecule is COc1cc(-c2cccc(C(=O)N(C)C)c2)c(N)nc1C. The molecule has 2 aromatic rings. The molecule has 2 rings (SSSR count). The Hall–Kier alpha value is -2.56. The molecule has 0 unspecified atom stereocenters. The number of benzene rings is 1. The van der Waals surface area contributed by atoms with Crippen LogP contribution in [0.3, 0.4) is 0 Å². The molecule has 0 saturated carbocycles. The quantitative estimate of drug-likeness (QED) is 0.940. The van der Waals surface area contributed by atoms with Gasteiger partial charge in [0.05, 0.1) is 12.8 Å². The van der Waals surface area contributed by atoms with Gasteiger partial charge in [0.15, 0.2) is 0 Å². The van der Waals surface area contributed by atoms with E-state index in [4.69, 9.17) is 10.5 Å². The summed E-state index contributed by atoms with van der Waals surface area (Å²) in [6.07, 6.45) is 0. The number of methoxy groups -OCH3 is 1. The van der Waals surface area contributed by atoms with Crippen molar-refractivity contribution in [2.45, 2.75) is 6.92 Å². The number of anilines is 1. The second kappa shape index (κ2) is 5.83.